The van der Waals surface area contributed by atoms with Crippen LogP contribution in [-0.2, 0) is 32.7 Å². The molecule has 2 atom stereocenters. The van der Waals surface area contributed by atoms with Gasteiger partial charge in [-0.1, -0.05) is 163 Å². The Kier molecular flexibility index (Phi) is 40.7. The van der Waals surface area contributed by atoms with Gasteiger partial charge in [0.2, 0.25) is 0 Å². The zero-order chi connectivity index (χ0) is 41.8. The molecule has 10 heteroatoms. The van der Waals surface area contributed by atoms with Gasteiger partial charge in [0, 0.05) is 19.4 Å². The maximum atomic E-state index is 12.6. The topological polar surface area (TPSA) is 134 Å². The van der Waals surface area contributed by atoms with Crippen LogP contribution in [0.15, 0.2) is 85.1 Å². The molecule has 0 aromatic rings. The zero-order valence-electron chi connectivity index (χ0n) is 35.8. The summed E-state index contributed by atoms with van der Waals surface area (Å²) in [6, 6.07) is 0. The molecule has 0 aliphatic heterocycles. The van der Waals surface area contributed by atoms with Crippen molar-refractivity contribution in [3.8, 4) is 0 Å². The highest BCUT2D eigenvalue weighted by Crippen LogP contribution is 2.43. The van der Waals surface area contributed by atoms with Crippen LogP contribution >= 0.6 is 7.82 Å². The molecule has 326 valence electrons. The second-order valence-corrected chi connectivity index (χ2v) is 15.6. The van der Waals surface area contributed by atoms with Gasteiger partial charge in [0.25, 0.3) is 0 Å². The van der Waals surface area contributed by atoms with Gasteiger partial charge in [-0.15, -0.1) is 0 Å². The van der Waals surface area contributed by atoms with Crippen molar-refractivity contribution in [1.29, 1.82) is 0 Å². The second-order valence-electron chi connectivity index (χ2n) is 14.2. The van der Waals surface area contributed by atoms with Crippen molar-refractivity contribution < 1.29 is 37.6 Å². The molecule has 3 N–H and O–H groups in total. The molecule has 0 spiro atoms. The van der Waals surface area contributed by atoms with Crippen molar-refractivity contribution in [3.63, 3.8) is 0 Å². The van der Waals surface area contributed by atoms with E-state index in [4.69, 9.17) is 24.3 Å². The van der Waals surface area contributed by atoms with Crippen LogP contribution in [-0.4, -0.2) is 49.3 Å². The summed E-state index contributed by atoms with van der Waals surface area (Å²) in [5, 5.41) is 0. The first-order valence-corrected chi connectivity index (χ1v) is 23.6. The van der Waals surface area contributed by atoms with Gasteiger partial charge >= 0.3 is 19.8 Å². The fraction of sp³-hybridized carbons (Fsp3) is 0.660. The number of phosphoric acid groups is 1. The van der Waals surface area contributed by atoms with Crippen LogP contribution < -0.4 is 5.73 Å². The van der Waals surface area contributed by atoms with E-state index in [1.807, 2.05) is 12.2 Å². The summed E-state index contributed by atoms with van der Waals surface area (Å²) in [5.41, 5.74) is 5.34. The van der Waals surface area contributed by atoms with Crippen LogP contribution in [0.2, 0.25) is 0 Å². The summed E-state index contributed by atoms with van der Waals surface area (Å²) >= 11 is 0. The van der Waals surface area contributed by atoms with Crippen molar-refractivity contribution in [3.05, 3.63) is 85.1 Å². The quantitative estimate of drug-likeness (QED) is 0.0268. The lowest BCUT2D eigenvalue weighted by molar-refractivity contribution is -0.161. The number of esters is 2. The number of allylic oxidation sites excluding steroid dienone is 14. The van der Waals surface area contributed by atoms with E-state index in [1.165, 1.54) is 70.6 Å². The molecule has 57 heavy (non-hydrogen) atoms. The molecule has 0 heterocycles. The van der Waals surface area contributed by atoms with Crippen molar-refractivity contribution in [2.24, 2.45) is 5.73 Å². The Hall–Kier alpha value is -2.81. The van der Waals surface area contributed by atoms with Crippen molar-refractivity contribution >= 4 is 19.8 Å². The summed E-state index contributed by atoms with van der Waals surface area (Å²) in [7, 11) is -4.40. The average Bonchev–Trinajstić information content (AvgIpc) is 3.20. The molecule has 0 aromatic heterocycles. The first-order valence-electron chi connectivity index (χ1n) is 22.1. The molecule has 0 saturated heterocycles. The lowest BCUT2D eigenvalue weighted by Crippen LogP contribution is -2.29. The van der Waals surface area contributed by atoms with E-state index < -0.39 is 32.5 Å². The molecule has 0 aliphatic rings. The number of unbranched alkanes of at least 4 members (excludes halogenated alkanes) is 13. The number of hydrogen-bond acceptors (Lipinski definition) is 8. The van der Waals surface area contributed by atoms with Crippen LogP contribution in [0.5, 0.6) is 0 Å². The van der Waals surface area contributed by atoms with Crippen LogP contribution in [0.3, 0.4) is 0 Å². The monoisotopic (exact) mass is 818 g/mol. The highest BCUT2D eigenvalue weighted by atomic mass is 31.2. The number of ether oxygens (including phenoxy) is 2. The van der Waals surface area contributed by atoms with E-state index in [0.717, 1.165) is 64.2 Å². The SMILES string of the molecule is CC/C=C/C/C=C/C/C=C/C/C=C/C/C=C/C/C=C/CCC(=O)O[C@H](COC(=O)CCCCCCCCCCC/C=C/CCCCCC)COP(=O)(O)OCCN. The zero-order valence-corrected chi connectivity index (χ0v) is 36.7. The summed E-state index contributed by atoms with van der Waals surface area (Å²) in [5.74, 6) is -0.935. The second kappa shape index (κ2) is 42.8. The van der Waals surface area contributed by atoms with Gasteiger partial charge in [-0.25, -0.2) is 4.57 Å². The Morgan fingerprint density at radius 1 is 0.544 bits per heavy atom. The standard InChI is InChI=1S/C47H80NO8P/c1-3-5-7-9-11-13-15-17-19-21-22-24-26-28-30-32-34-36-38-40-47(50)56-45(44-55-57(51,52)54-42-41-48)43-53-46(49)39-37-35-33-31-29-27-25-23-20-18-16-14-12-10-8-6-4-2/h5,7,11,13-14,16-17,19,22,24,28,30,34,36,45H,3-4,6,8-10,12,15,18,20-21,23,25-27,29,31-33,35,37-44,48H2,1-2H3,(H,51,52)/b7-5+,13-11+,16-14+,19-17+,24-22+,30-28+,36-34+/t45-/m1/s1. The predicted octanol–water partition coefficient (Wildman–Crippen LogP) is 12.8. The van der Waals surface area contributed by atoms with Gasteiger partial charge in [0.1, 0.15) is 6.61 Å². The molecule has 0 bridgehead atoms. The van der Waals surface area contributed by atoms with Crippen LogP contribution in [0.4, 0.5) is 0 Å². The molecule has 0 amide bonds. The van der Waals surface area contributed by atoms with E-state index in [0.29, 0.717) is 6.42 Å². The van der Waals surface area contributed by atoms with Gasteiger partial charge < -0.3 is 20.1 Å². The Bertz CT molecular complexity index is 1210. The summed E-state index contributed by atoms with van der Waals surface area (Å²) in [6.45, 7) is 3.51. The summed E-state index contributed by atoms with van der Waals surface area (Å²) in [6.07, 6.45) is 53.4. The van der Waals surface area contributed by atoms with E-state index in [1.54, 1.807) is 0 Å². The number of carbonyl (C=O) groups is 2. The fourth-order valence-corrected chi connectivity index (χ4v) is 6.30. The first kappa shape index (κ1) is 54.2. The van der Waals surface area contributed by atoms with E-state index in [9.17, 15) is 19.0 Å². The van der Waals surface area contributed by atoms with Gasteiger partial charge in [0.05, 0.1) is 13.2 Å². The molecule has 0 aromatic carbocycles. The maximum absolute atomic E-state index is 12.6. The minimum Gasteiger partial charge on any atom is -0.462 e. The largest absolute Gasteiger partial charge is 0.472 e. The van der Waals surface area contributed by atoms with E-state index in [-0.39, 0.29) is 32.6 Å². The summed E-state index contributed by atoms with van der Waals surface area (Å²) in [4.78, 5) is 34.9. The molecule has 0 saturated carbocycles. The normalized spacial score (nSPS) is 14.1. The van der Waals surface area contributed by atoms with Crippen LogP contribution in [0.25, 0.3) is 0 Å². The molecule has 1 unspecified atom stereocenters. The third kappa shape index (κ3) is 42.6. The number of rotatable bonds is 40. The average molecular weight is 818 g/mol. The van der Waals surface area contributed by atoms with E-state index in [2.05, 4.69) is 86.8 Å². The molecule has 0 fully saturated rings. The molecule has 0 radical (unpaired) electrons. The Balaban J connectivity index is 4.28. The Labute approximate surface area is 347 Å². The van der Waals surface area contributed by atoms with Crippen molar-refractivity contribution in [1.82, 2.24) is 0 Å². The van der Waals surface area contributed by atoms with Gasteiger partial charge in [0.15, 0.2) is 6.10 Å². The first-order chi connectivity index (χ1) is 27.8. The van der Waals surface area contributed by atoms with Crippen LogP contribution in [0, 0.1) is 0 Å². The molecule has 0 aliphatic carbocycles. The number of carbonyl (C=O) groups excluding carboxylic acids is 2. The highest BCUT2D eigenvalue weighted by molar-refractivity contribution is 7.47. The molecule has 9 nitrogen and oxygen atoms in total. The lowest BCUT2D eigenvalue weighted by Gasteiger charge is -2.19. The minimum absolute atomic E-state index is 0.0376. The molecule has 0 rings (SSSR count). The van der Waals surface area contributed by atoms with Gasteiger partial charge in [-0.05, 0) is 77.0 Å². The lowest BCUT2D eigenvalue weighted by atomic mass is 10.1. The van der Waals surface area contributed by atoms with Gasteiger partial charge in [-0.2, -0.15) is 0 Å². The summed E-state index contributed by atoms with van der Waals surface area (Å²) < 4.78 is 32.7. The third-order valence-corrected chi connectivity index (χ3v) is 9.76. The Morgan fingerprint density at radius 3 is 1.51 bits per heavy atom. The number of nitrogens with two attached hydrogens (primary N) is 1. The highest BCUT2D eigenvalue weighted by Gasteiger charge is 2.25. The Morgan fingerprint density at radius 2 is 1.00 bits per heavy atom. The molecular formula is C47H80NO8P. The van der Waals surface area contributed by atoms with Crippen molar-refractivity contribution in [2.45, 2.75) is 174 Å². The third-order valence-electron chi connectivity index (χ3n) is 8.78. The smallest absolute Gasteiger partial charge is 0.462 e. The molecular weight excluding hydrogens is 737 g/mol. The van der Waals surface area contributed by atoms with E-state index >= 15 is 0 Å². The van der Waals surface area contributed by atoms with Gasteiger partial charge in [-0.3, -0.25) is 18.6 Å². The van der Waals surface area contributed by atoms with Crippen molar-refractivity contribution in [2.75, 3.05) is 26.4 Å². The number of hydrogen-bond donors (Lipinski definition) is 2. The number of phosphoric ester groups is 1. The minimum atomic E-state index is -4.40. The maximum Gasteiger partial charge on any atom is 0.472 e. The predicted molar refractivity (Wildman–Crippen MR) is 238 cm³/mol. The van der Waals surface area contributed by atoms with Crippen LogP contribution in [0.1, 0.15) is 168 Å². The fourth-order valence-electron chi connectivity index (χ4n) is 5.54.